The summed E-state index contributed by atoms with van der Waals surface area (Å²) in [6.45, 7) is 0. The van der Waals surface area contributed by atoms with E-state index in [0.29, 0.717) is 12.5 Å². The Labute approximate surface area is 106 Å². The van der Waals surface area contributed by atoms with Crippen molar-refractivity contribution in [1.82, 2.24) is 4.90 Å². The molecular weight excluding hydrogens is 234 g/mol. The summed E-state index contributed by atoms with van der Waals surface area (Å²) in [5, 5.41) is 9.35. The predicted molar refractivity (Wildman–Crippen MR) is 70.3 cm³/mol. The molecule has 0 radical (unpaired) electrons. The van der Waals surface area contributed by atoms with Gasteiger partial charge in [0.2, 0.25) is 5.91 Å². The first kappa shape index (κ1) is 12.3. The molecule has 0 saturated carbocycles. The minimum atomic E-state index is 0.128. The molecule has 1 aromatic rings. The molecule has 4 heteroatoms. The van der Waals surface area contributed by atoms with Gasteiger partial charge in [-0.2, -0.15) is 11.8 Å². The van der Waals surface area contributed by atoms with Gasteiger partial charge in [0, 0.05) is 18.8 Å². The normalized spacial score (nSPS) is 19.2. The van der Waals surface area contributed by atoms with Gasteiger partial charge in [-0.15, -0.1) is 0 Å². The second-order valence-corrected chi connectivity index (χ2v) is 5.52. The molecule has 1 heterocycles. The quantitative estimate of drug-likeness (QED) is 0.892. The van der Waals surface area contributed by atoms with Crippen molar-refractivity contribution in [1.29, 1.82) is 0 Å². The Morgan fingerprint density at radius 3 is 3.06 bits per heavy atom. The van der Waals surface area contributed by atoms with Gasteiger partial charge in [-0.25, -0.2) is 0 Å². The van der Waals surface area contributed by atoms with Crippen LogP contribution in [0, 0.1) is 0 Å². The van der Waals surface area contributed by atoms with Gasteiger partial charge in [-0.3, -0.25) is 4.79 Å². The smallest absolute Gasteiger partial charge is 0.227 e. The zero-order valence-electron chi connectivity index (χ0n) is 9.93. The number of nitrogens with zero attached hydrogens (tertiary/aromatic N) is 1. The summed E-state index contributed by atoms with van der Waals surface area (Å²) in [4.78, 5) is 13.9. The number of hydrogen-bond acceptors (Lipinski definition) is 3. The van der Waals surface area contributed by atoms with Crippen molar-refractivity contribution in [3.05, 3.63) is 29.8 Å². The Balaban J connectivity index is 1.96. The third-order valence-corrected chi connectivity index (χ3v) is 4.26. The van der Waals surface area contributed by atoms with Gasteiger partial charge in [-0.05, 0) is 29.9 Å². The first-order chi connectivity index (χ1) is 8.16. The Morgan fingerprint density at radius 2 is 2.41 bits per heavy atom. The lowest BCUT2D eigenvalue weighted by Gasteiger charge is -2.23. The second kappa shape index (κ2) is 5.45. The van der Waals surface area contributed by atoms with Crippen molar-refractivity contribution in [3.63, 3.8) is 0 Å². The number of phenols is 1. The lowest BCUT2D eigenvalue weighted by molar-refractivity contribution is -0.130. The van der Waals surface area contributed by atoms with Crippen molar-refractivity contribution < 1.29 is 9.90 Å². The number of carbonyl (C=O) groups is 1. The number of benzene rings is 1. The van der Waals surface area contributed by atoms with Crippen molar-refractivity contribution in [2.45, 2.75) is 18.9 Å². The summed E-state index contributed by atoms with van der Waals surface area (Å²) in [5.41, 5.74) is 0.868. The molecule has 1 unspecified atom stereocenters. The van der Waals surface area contributed by atoms with Crippen LogP contribution < -0.4 is 0 Å². The molecular formula is C13H17NO2S. The molecule has 1 aliphatic heterocycles. The largest absolute Gasteiger partial charge is 0.508 e. The number of amides is 1. The van der Waals surface area contributed by atoms with E-state index in [1.807, 2.05) is 29.8 Å². The summed E-state index contributed by atoms with van der Waals surface area (Å²) in [5.74, 6) is 2.54. The number of likely N-dealkylation sites (N-methyl/N-ethyl adjacent to an activating group) is 1. The van der Waals surface area contributed by atoms with E-state index in [1.54, 1.807) is 18.2 Å². The molecule has 0 aliphatic carbocycles. The fourth-order valence-corrected chi connectivity index (χ4v) is 3.26. The van der Waals surface area contributed by atoms with Crippen molar-refractivity contribution in [3.8, 4) is 5.75 Å². The maximum absolute atomic E-state index is 12.0. The Morgan fingerprint density at radius 1 is 1.59 bits per heavy atom. The molecule has 1 amide bonds. The van der Waals surface area contributed by atoms with Gasteiger partial charge in [0.1, 0.15) is 5.75 Å². The summed E-state index contributed by atoms with van der Waals surface area (Å²) in [6.07, 6.45) is 1.46. The minimum Gasteiger partial charge on any atom is -0.508 e. The topological polar surface area (TPSA) is 40.5 Å². The van der Waals surface area contributed by atoms with Crippen molar-refractivity contribution in [2.75, 3.05) is 18.6 Å². The number of carbonyl (C=O) groups excluding carboxylic acids is 1. The summed E-state index contributed by atoms with van der Waals surface area (Å²) in [6, 6.07) is 7.28. The lowest BCUT2D eigenvalue weighted by atomic mass is 10.1. The molecule has 0 aromatic heterocycles. The van der Waals surface area contributed by atoms with E-state index in [0.717, 1.165) is 23.5 Å². The van der Waals surface area contributed by atoms with E-state index in [4.69, 9.17) is 0 Å². The second-order valence-electron chi connectivity index (χ2n) is 4.37. The van der Waals surface area contributed by atoms with Crippen LogP contribution in [0.4, 0.5) is 0 Å². The minimum absolute atomic E-state index is 0.128. The summed E-state index contributed by atoms with van der Waals surface area (Å²) in [7, 11) is 1.88. The van der Waals surface area contributed by atoms with Crippen LogP contribution in [0.3, 0.4) is 0 Å². The molecule has 1 N–H and O–H groups in total. The first-order valence-electron chi connectivity index (χ1n) is 5.78. The Kier molecular flexibility index (Phi) is 3.94. The Bertz CT molecular complexity index is 402. The lowest BCUT2D eigenvalue weighted by Crippen LogP contribution is -2.37. The standard InChI is InChI=1S/C13H17NO2S/c1-14(11-5-6-17-9-11)13(16)8-10-3-2-4-12(15)7-10/h2-4,7,11,15H,5-6,8-9H2,1H3. The zero-order valence-corrected chi connectivity index (χ0v) is 10.7. The highest BCUT2D eigenvalue weighted by atomic mass is 32.2. The van der Waals surface area contributed by atoms with Gasteiger partial charge < -0.3 is 10.0 Å². The number of hydrogen-bond donors (Lipinski definition) is 1. The van der Waals surface area contributed by atoms with Gasteiger partial charge in [0.25, 0.3) is 0 Å². The molecule has 1 aromatic carbocycles. The van der Waals surface area contributed by atoms with Crippen LogP contribution in [0.15, 0.2) is 24.3 Å². The molecule has 2 rings (SSSR count). The van der Waals surface area contributed by atoms with Crippen LogP contribution in [-0.2, 0) is 11.2 Å². The van der Waals surface area contributed by atoms with Crippen LogP contribution in [0.2, 0.25) is 0 Å². The van der Waals surface area contributed by atoms with Crippen LogP contribution in [0.5, 0.6) is 5.75 Å². The third-order valence-electron chi connectivity index (χ3n) is 3.11. The summed E-state index contributed by atoms with van der Waals surface area (Å²) >= 11 is 1.90. The van der Waals surface area contributed by atoms with E-state index < -0.39 is 0 Å². The molecule has 1 saturated heterocycles. The SMILES string of the molecule is CN(C(=O)Cc1cccc(O)c1)C1CCSC1. The molecule has 3 nitrogen and oxygen atoms in total. The van der Waals surface area contributed by atoms with E-state index in [1.165, 1.54) is 0 Å². The highest BCUT2D eigenvalue weighted by Gasteiger charge is 2.23. The molecule has 92 valence electrons. The highest BCUT2D eigenvalue weighted by Crippen LogP contribution is 2.22. The van der Waals surface area contributed by atoms with Crippen LogP contribution in [0.25, 0.3) is 0 Å². The van der Waals surface area contributed by atoms with Gasteiger partial charge in [-0.1, -0.05) is 12.1 Å². The third kappa shape index (κ3) is 3.16. The number of rotatable bonds is 3. The van der Waals surface area contributed by atoms with Crippen LogP contribution in [-0.4, -0.2) is 40.5 Å². The van der Waals surface area contributed by atoms with Crippen LogP contribution >= 0.6 is 11.8 Å². The first-order valence-corrected chi connectivity index (χ1v) is 6.93. The molecule has 17 heavy (non-hydrogen) atoms. The van der Waals surface area contributed by atoms with Crippen molar-refractivity contribution in [2.24, 2.45) is 0 Å². The molecule has 0 bridgehead atoms. The monoisotopic (exact) mass is 251 g/mol. The average molecular weight is 251 g/mol. The predicted octanol–water partition coefficient (Wildman–Crippen LogP) is 1.90. The number of phenolic OH excluding ortho intramolecular Hbond substituents is 1. The van der Waals surface area contributed by atoms with E-state index in [2.05, 4.69) is 0 Å². The zero-order chi connectivity index (χ0) is 12.3. The fourth-order valence-electron chi connectivity index (χ4n) is 2.00. The molecule has 1 aliphatic rings. The van der Waals surface area contributed by atoms with Gasteiger partial charge in [0.05, 0.1) is 6.42 Å². The van der Waals surface area contributed by atoms with Gasteiger partial charge >= 0.3 is 0 Å². The molecule has 0 spiro atoms. The summed E-state index contributed by atoms with van der Waals surface area (Å²) < 4.78 is 0. The number of thioether (sulfide) groups is 1. The van der Waals surface area contributed by atoms with Crippen LogP contribution in [0.1, 0.15) is 12.0 Å². The number of aromatic hydroxyl groups is 1. The Hall–Kier alpha value is -1.16. The molecule has 1 atom stereocenters. The molecule has 1 fully saturated rings. The van der Waals surface area contributed by atoms with Crippen molar-refractivity contribution >= 4 is 17.7 Å². The maximum atomic E-state index is 12.0. The fraction of sp³-hybridized carbons (Fsp3) is 0.462. The van der Waals surface area contributed by atoms with E-state index in [9.17, 15) is 9.90 Å². The van der Waals surface area contributed by atoms with Gasteiger partial charge in [0.15, 0.2) is 0 Å². The average Bonchev–Trinajstić information content (AvgIpc) is 2.81. The van der Waals surface area contributed by atoms with E-state index in [-0.39, 0.29) is 11.7 Å². The highest BCUT2D eigenvalue weighted by molar-refractivity contribution is 7.99. The van der Waals surface area contributed by atoms with E-state index >= 15 is 0 Å². The maximum Gasteiger partial charge on any atom is 0.227 e.